The van der Waals surface area contributed by atoms with Gasteiger partial charge < -0.3 is 5.43 Å². The fourth-order valence-electron chi connectivity index (χ4n) is 2.01. The SMILES string of the molecule is Cc1ccc(-n2ncc3c(NN)ncnc32)cc1C. The average Bonchev–Trinajstić information content (AvgIpc) is 2.85. The number of hydrazine groups is 1. The Morgan fingerprint density at radius 2 is 2.00 bits per heavy atom. The molecular formula is C13H14N6. The van der Waals surface area contributed by atoms with Crippen molar-refractivity contribution in [2.45, 2.75) is 13.8 Å². The van der Waals surface area contributed by atoms with Crippen LogP contribution in [0.5, 0.6) is 0 Å². The van der Waals surface area contributed by atoms with Gasteiger partial charge in [-0.2, -0.15) is 5.10 Å². The first-order chi connectivity index (χ1) is 9.20. The number of benzene rings is 1. The van der Waals surface area contributed by atoms with E-state index in [4.69, 9.17) is 5.84 Å². The maximum absolute atomic E-state index is 5.43. The molecule has 0 radical (unpaired) electrons. The van der Waals surface area contributed by atoms with Crippen molar-refractivity contribution in [3.63, 3.8) is 0 Å². The van der Waals surface area contributed by atoms with Gasteiger partial charge in [0.05, 0.1) is 17.3 Å². The van der Waals surface area contributed by atoms with Crippen LogP contribution in [-0.4, -0.2) is 19.7 Å². The Bertz CT molecular complexity index is 746. The van der Waals surface area contributed by atoms with E-state index in [9.17, 15) is 0 Å². The maximum atomic E-state index is 5.43. The van der Waals surface area contributed by atoms with E-state index in [2.05, 4.69) is 46.5 Å². The average molecular weight is 254 g/mol. The van der Waals surface area contributed by atoms with Gasteiger partial charge in [0.1, 0.15) is 6.33 Å². The normalized spacial score (nSPS) is 10.9. The number of nitrogen functional groups attached to an aromatic ring is 1. The molecule has 0 aliphatic heterocycles. The molecule has 0 atom stereocenters. The fourth-order valence-corrected chi connectivity index (χ4v) is 2.01. The molecule has 1 aromatic carbocycles. The van der Waals surface area contributed by atoms with Crippen molar-refractivity contribution in [1.29, 1.82) is 0 Å². The maximum Gasteiger partial charge on any atom is 0.168 e. The van der Waals surface area contributed by atoms with Gasteiger partial charge in [-0.25, -0.2) is 20.5 Å². The molecule has 6 nitrogen and oxygen atoms in total. The second kappa shape index (κ2) is 4.33. The zero-order chi connectivity index (χ0) is 13.4. The number of nitrogens with one attached hydrogen (secondary N) is 1. The van der Waals surface area contributed by atoms with Gasteiger partial charge in [0.15, 0.2) is 11.5 Å². The number of rotatable bonds is 2. The van der Waals surface area contributed by atoms with Crippen LogP contribution in [-0.2, 0) is 0 Å². The Morgan fingerprint density at radius 3 is 2.74 bits per heavy atom. The van der Waals surface area contributed by atoms with Crippen LogP contribution in [0.2, 0.25) is 0 Å². The van der Waals surface area contributed by atoms with Crippen molar-refractivity contribution in [3.8, 4) is 5.69 Å². The Kier molecular flexibility index (Phi) is 2.64. The molecule has 0 spiro atoms. The number of nitrogens with two attached hydrogens (primary N) is 1. The molecule has 0 aliphatic rings. The summed E-state index contributed by atoms with van der Waals surface area (Å²) in [6.07, 6.45) is 3.18. The molecule has 3 rings (SSSR count). The van der Waals surface area contributed by atoms with E-state index >= 15 is 0 Å². The summed E-state index contributed by atoms with van der Waals surface area (Å²) in [5, 5.41) is 5.16. The minimum Gasteiger partial charge on any atom is -0.308 e. The molecule has 6 heteroatoms. The highest BCUT2D eigenvalue weighted by molar-refractivity contribution is 5.86. The lowest BCUT2D eigenvalue weighted by atomic mass is 10.1. The van der Waals surface area contributed by atoms with Crippen LogP contribution in [0.1, 0.15) is 11.1 Å². The highest BCUT2D eigenvalue weighted by Gasteiger charge is 2.10. The first-order valence-electron chi connectivity index (χ1n) is 5.93. The van der Waals surface area contributed by atoms with Crippen LogP contribution in [0.3, 0.4) is 0 Å². The summed E-state index contributed by atoms with van der Waals surface area (Å²) >= 11 is 0. The van der Waals surface area contributed by atoms with Crippen LogP contribution in [0.25, 0.3) is 16.7 Å². The summed E-state index contributed by atoms with van der Waals surface area (Å²) in [5.41, 5.74) is 6.72. The van der Waals surface area contributed by atoms with Gasteiger partial charge in [0.2, 0.25) is 0 Å². The molecule has 3 aromatic rings. The predicted molar refractivity (Wildman–Crippen MR) is 73.9 cm³/mol. The Labute approximate surface area is 110 Å². The largest absolute Gasteiger partial charge is 0.308 e. The third-order valence-electron chi connectivity index (χ3n) is 3.24. The quantitative estimate of drug-likeness (QED) is 0.537. The highest BCUT2D eigenvalue weighted by atomic mass is 15.3. The molecule has 3 N–H and O–H groups in total. The van der Waals surface area contributed by atoms with E-state index < -0.39 is 0 Å². The Balaban J connectivity index is 2.23. The van der Waals surface area contributed by atoms with Gasteiger partial charge >= 0.3 is 0 Å². The summed E-state index contributed by atoms with van der Waals surface area (Å²) < 4.78 is 1.78. The molecule has 0 unspecified atom stereocenters. The van der Waals surface area contributed by atoms with Crippen LogP contribution >= 0.6 is 0 Å². The van der Waals surface area contributed by atoms with Crippen molar-refractivity contribution in [3.05, 3.63) is 41.9 Å². The van der Waals surface area contributed by atoms with Crippen molar-refractivity contribution < 1.29 is 0 Å². The van der Waals surface area contributed by atoms with Gasteiger partial charge in [0, 0.05) is 0 Å². The van der Waals surface area contributed by atoms with Crippen LogP contribution in [0.4, 0.5) is 5.82 Å². The topological polar surface area (TPSA) is 81.7 Å². The van der Waals surface area contributed by atoms with E-state index in [1.54, 1.807) is 10.9 Å². The third kappa shape index (κ3) is 1.82. The Morgan fingerprint density at radius 1 is 1.16 bits per heavy atom. The molecule has 0 fully saturated rings. The molecule has 2 heterocycles. The molecule has 0 amide bonds. The smallest absolute Gasteiger partial charge is 0.168 e. The lowest BCUT2D eigenvalue weighted by Gasteiger charge is -2.06. The summed E-state index contributed by atoms with van der Waals surface area (Å²) in [6, 6.07) is 6.17. The van der Waals surface area contributed by atoms with Crippen molar-refractivity contribution in [2.75, 3.05) is 5.43 Å². The van der Waals surface area contributed by atoms with Gasteiger partial charge in [-0.1, -0.05) is 6.07 Å². The first kappa shape index (κ1) is 11.6. The Hall–Kier alpha value is -2.47. The van der Waals surface area contributed by atoms with Gasteiger partial charge in [-0.3, -0.25) is 0 Å². The molecule has 19 heavy (non-hydrogen) atoms. The van der Waals surface area contributed by atoms with Crippen LogP contribution in [0, 0.1) is 13.8 Å². The number of hydrogen-bond acceptors (Lipinski definition) is 5. The molecule has 0 bridgehead atoms. The number of aromatic nitrogens is 4. The highest BCUT2D eigenvalue weighted by Crippen LogP contribution is 2.21. The van der Waals surface area contributed by atoms with Crippen LogP contribution in [0.15, 0.2) is 30.7 Å². The molecule has 0 aliphatic carbocycles. The van der Waals surface area contributed by atoms with Gasteiger partial charge in [-0.05, 0) is 37.1 Å². The lowest BCUT2D eigenvalue weighted by molar-refractivity contribution is 0.892. The second-order valence-corrected chi connectivity index (χ2v) is 4.43. The lowest BCUT2D eigenvalue weighted by Crippen LogP contribution is -2.09. The van der Waals surface area contributed by atoms with Crippen molar-refractivity contribution >= 4 is 16.9 Å². The van der Waals surface area contributed by atoms with E-state index in [1.807, 2.05) is 6.07 Å². The zero-order valence-corrected chi connectivity index (χ0v) is 10.8. The van der Waals surface area contributed by atoms with Gasteiger partial charge in [0.25, 0.3) is 0 Å². The molecular weight excluding hydrogens is 240 g/mol. The van der Waals surface area contributed by atoms with E-state index in [0.29, 0.717) is 5.82 Å². The number of nitrogens with zero attached hydrogens (tertiary/aromatic N) is 4. The van der Waals surface area contributed by atoms with Gasteiger partial charge in [-0.15, -0.1) is 0 Å². The van der Waals surface area contributed by atoms with E-state index in [-0.39, 0.29) is 0 Å². The second-order valence-electron chi connectivity index (χ2n) is 4.43. The first-order valence-corrected chi connectivity index (χ1v) is 5.93. The molecule has 2 aromatic heterocycles. The minimum atomic E-state index is 0.570. The number of aryl methyl sites for hydroxylation is 2. The molecule has 0 saturated heterocycles. The van der Waals surface area contributed by atoms with Crippen molar-refractivity contribution in [1.82, 2.24) is 19.7 Å². The standard InChI is InChI=1S/C13H14N6/c1-8-3-4-10(5-9(8)2)19-13-11(6-17-19)12(18-14)15-7-16-13/h3-7H,14H2,1-2H3,(H,15,16,18). The molecule has 96 valence electrons. The zero-order valence-electron chi connectivity index (χ0n) is 10.8. The third-order valence-corrected chi connectivity index (χ3v) is 3.24. The monoisotopic (exact) mass is 254 g/mol. The summed E-state index contributed by atoms with van der Waals surface area (Å²) in [4.78, 5) is 8.34. The van der Waals surface area contributed by atoms with Crippen LogP contribution < -0.4 is 11.3 Å². The summed E-state index contributed by atoms with van der Waals surface area (Å²) in [7, 11) is 0. The predicted octanol–water partition coefficient (Wildman–Crippen LogP) is 1.72. The number of anilines is 1. The van der Waals surface area contributed by atoms with E-state index in [0.717, 1.165) is 16.7 Å². The van der Waals surface area contributed by atoms with Crippen molar-refractivity contribution in [2.24, 2.45) is 5.84 Å². The molecule has 0 saturated carbocycles. The fraction of sp³-hybridized carbons (Fsp3) is 0.154. The summed E-state index contributed by atoms with van der Waals surface area (Å²) in [6.45, 7) is 4.16. The van der Waals surface area contributed by atoms with E-state index in [1.165, 1.54) is 17.5 Å². The number of fused-ring (bicyclic) bond motifs is 1. The minimum absolute atomic E-state index is 0.570. The summed E-state index contributed by atoms with van der Waals surface area (Å²) in [5.74, 6) is 6.00. The number of hydrogen-bond donors (Lipinski definition) is 2.